The largest absolute Gasteiger partial charge is 0.504 e. The molecule has 6 nitrogen and oxygen atoms in total. The average molecular weight is 155 g/mol. The molecule has 0 aliphatic heterocycles. The van der Waals surface area contributed by atoms with Crippen molar-refractivity contribution in [3.8, 4) is 5.75 Å². The second-order valence-electron chi connectivity index (χ2n) is 1.81. The maximum absolute atomic E-state index is 10.5. The van der Waals surface area contributed by atoms with Gasteiger partial charge >= 0.3 is 5.69 Å². The molecule has 1 aromatic heterocycles. The van der Waals surface area contributed by atoms with E-state index < -0.39 is 17.3 Å². The maximum atomic E-state index is 10.5. The molecule has 0 unspecified atom stereocenters. The monoisotopic (exact) mass is 155 g/mol. The number of H-pyrrole nitrogens is 1. The van der Waals surface area contributed by atoms with Gasteiger partial charge in [0.05, 0.1) is 6.20 Å². The number of hydrogen-bond acceptors (Lipinski definition) is 4. The zero-order valence-corrected chi connectivity index (χ0v) is 5.37. The third-order valence-electron chi connectivity index (χ3n) is 1.04. The zero-order valence-electron chi connectivity index (χ0n) is 5.37. The van der Waals surface area contributed by atoms with E-state index in [0.29, 0.717) is 0 Å². The number of carbonyl (C=O) groups is 1. The van der Waals surface area contributed by atoms with Crippen LogP contribution in [0.25, 0.3) is 0 Å². The number of nitrogens with two attached hydrogens (primary N) is 1. The Hall–Kier alpha value is -1.85. The molecule has 0 bridgehead atoms. The van der Waals surface area contributed by atoms with Gasteiger partial charge in [0.1, 0.15) is 0 Å². The van der Waals surface area contributed by atoms with Crippen LogP contribution in [0.15, 0.2) is 11.0 Å². The second-order valence-corrected chi connectivity index (χ2v) is 1.81. The minimum atomic E-state index is -0.901. The van der Waals surface area contributed by atoms with Gasteiger partial charge < -0.3 is 10.8 Å². The van der Waals surface area contributed by atoms with Crippen LogP contribution >= 0.6 is 0 Å². The number of primary amides is 1. The van der Waals surface area contributed by atoms with E-state index in [4.69, 9.17) is 10.8 Å². The van der Waals surface area contributed by atoms with Gasteiger partial charge in [0.2, 0.25) is 0 Å². The molecule has 0 saturated carbocycles. The van der Waals surface area contributed by atoms with Crippen molar-refractivity contribution < 1.29 is 9.90 Å². The molecule has 4 N–H and O–H groups in total. The Kier molecular flexibility index (Phi) is 1.59. The smallest absolute Gasteiger partial charge is 0.345 e. The first-order chi connectivity index (χ1) is 5.11. The fraction of sp³-hybridized carbons (Fsp3) is 0. The summed E-state index contributed by atoms with van der Waals surface area (Å²) >= 11 is 0. The topological polar surface area (TPSA) is 109 Å². The molecule has 0 fully saturated rings. The molecule has 1 amide bonds. The second kappa shape index (κ2) is 2.41. The Morgan fingerprint density at radius 3 is 2.82 bits per heavy atom. The van der Waals surface area contributed by atoms with Gasteiger partial charge in [-0.1, -0.05) is 0 Å². The fourth-order valence-corrected chi connectivity index (χ4v) is 0.575. The van der Waals surface area contributed by atoms with Crippen LogP contribution in [-0.4, -0.2) is 21.0 Å². The van der Waals surface area contributed by atoms with E-state index >= 15 is 0 Å². The third-order valence-corrected chi connectivity index (χ3v) is 1.04. The third kappa shape index (κ3) is 1.34. The zero-order chi connectivity index (χ0) is 8.43. The maximum Gasteiger partial charge on any atom is 0.345 e. The first-order valence-electron chi connectivity index (χ1n) is 2.69. The Morgan fingerprint density at radius 2 is 2.36 bits per heavy atom. The van der Waals surface area contributed by atoms with E-state index in [1.54, 1.807) is 0 Å². The number of aromatic hydroxyl groups is 1. The van der Waals surface area contributed by atoms with Crippen molar-refractivity contribution in [3.05, 3.63) is 22.4 Å². The number of nitrogens with zero attached hydrogens (tertiary/aromatic N) is 1. The summed E-state index contributed by atoms with van der Waals surface area (Å²) < 4.78 is 0. The van der Waals surface area contributed by atoms with Crippen LogP contribution in [0.4, 0.5) is 0 Å². The lowest BCUT2D eigenvalue weighted by Gasteiger charge is -1.95. The van der Waals surface area contributed by atoms with Crippen LogP contribution in [0.5, 0.6) is 5.75 Å². The lowest BCUT2D eigenvalue weighted by molar-refractivity contribution is 0.0992. The van der Waals surface area contributed by atoms with E-state index in [2.05, 4.69) is 4.98 Å². The van der Waals surface area contributed by atoms with Crippen molar-refractivity contribution in [1.82, 2.24) is 9.97 Å². The van der Waals surface area contributed by atoms with E-state index in [1.807, 2.05) is 4.98 Å². The van der Waals surface area contributed by atoms with Crippen molar-refractivity contribution in [2.75, 3.05) is 0 Å². The average Bonchev–Trinajstić information content (AvgIpc) is 1.94. The highest BCUT2D eigenvalue weighted by Crippen LogP contribution is 2.07. The van der Waals surface area contributed by atoms with Crippen molar-refractivity contribution in [1.29, 1.82) is 0 Å². The van der Waals surface area contributed by atoms with E-state index in [0.717, 1.165) is 6.20 Å². The van der Waals surface area contributed by atoms with Gasteiger partial charge in [0.15, 0.2) is 11.4 Å². The molecule has 0 radical (unpaired) electrons. The normalized spacial score (nSPS) is 9.45. The Balaban J connectivity index is 3.35. The number of rotatable bonds is 1. The number of aromatic amines is 1. The van der Waals surface area contributed by atoms with E-state index in [1.165, 1.54) is 0 Å². The summed E-state index contributed by atoms with van der Waals surface area (Å²) in [6.07, 6.45) is 0.860. The summed E-state index contributed by atoms with van der Waals surface area (Å²) in [5, 5.41) is 8.87. The van der Waals surface area contributed by atoms with Crippen molar-refractivity contribution in [2.24, 2.45) is 5.73 Å². The van der Waals surface area contributed by atoms with Gasteiger partial charge in [-0.2, -0.15) is 4.98 Å². The highest BCUT2D eigenvalue weighted by atomic mass is 16.3. The molecule has 0 saturated heterocycles. The molecule has 0 aliphatic carbocycles. The van der Waals surface area contributed by atoms with Crippen LogP contribution in [-0.2, 0) is 0 Å². The molecule has 1 aromatic rings. The number of carbonyl (C=O) groups excluding carboxylic acids is 1. The van der Waals surface area contributed by atoms with Crippen molar-refractivity contribution in [3.63, 3.8) is 0 Å². The SMILES string of the molecule is NC(=O)c1[nH]c(=O)ncc1O. The molecule has 0 spiro atoms. The first-order valence-corrected chi connectivity index (χ1v) is 2.69. The first kappa shape index (κ1) is 7.26. The predicted octanol–water partition coefficient (Wildman–Crippen LogP) is -1.43. The molecule has 6 heteroatoms. The summed E-state index contributed by atoms with van der Waals surface area (Å²) in [6.45, 7) is 0. The number of hydrogen-bond donors (Lipinski definition) is 3. The van der Waals surface area contributed by atoms with Crippen molar-refractivity contribution >= 4 is 5.91 Å². The number of nitrogens with one attached hydrogen (secondary N) is 1. The van der Waals surface area contributed by atoms with Crippen LogP contribution in [0.2, 0.25) is 0 Å². The molecule has 1 rings (SSSR count). The lowest BCUT2D eigenvalue weighted by Crippen LogP contribution is -2.20. The minimum absolute atomic E-state index is 0.329. The summed E-state index contributed by atoms with van der Waals surface area (Å²) in [4.78, 5) is 26.0. The van der Waals surface area contributed by atoms with Gasteiger partial charge in [0.25, 0.3) is 5.91 Å². The van der Waals surface area contributed by atoms with Gasteiger partial charge in [-0.25, -0.2) is 4.79 Å². The molecule has 1 heterocycles. The molecule has 0 aromatic carbocycles. The van der Waals surface area contributed by atoms with Crippen LogP contribution < -0.4 is 11.4 Å². The predicted molar refractivity (Wildman–Crippen MR) is 35.0 cm³/mol. The Bertz CT molecular complexity index is 343. The van der Waals surface area contributed by atoms with Gasteiger partial charge in [-0.15, -0.1) is 0 Å². The van der Waals surface area contributed by atoms with Crippen LogP contribution in [0.1, 0.15) is 10.5 Å². The Morgan fingerprint density at radius 1 is 1.73 bits per heavy atom. The number of amides is 1. The highest BCUT2D eigenvalue weighted by molar-refractivity contribution is 5.93. The fourth-order valence-electron chi connectivity index (χ4n) is 0.575. The molecule has 58 valence electrons. The molecular weight excluding hydrogens is 150 g/mol. The lowest BCUT2D eigenvalue weighted by atomic mass is 10.4. The van der Waals surface area contributed by atoms with Gasteiger partial charge in [-0.3, -0.25) is 9.78 Å². The van der Waals surface area contributed by atoms with Crippen LogP contribution in [0.3, 0.4) is 0 Å². The minimum Gasteiger partial charge on any atom is -0.504 e. The van der Waals surface area contributed by atoms with E-state index in [-0.39, 0.29) is 5.69 Å². The standard InChI is InChI=1S/C5H5N3O3/c6-4(10)3-2(9)1-7-5(11)8-3/h1,9H,(H2,6,10)(H,7,8,11). The van der Waals surface area contributed by atoms with E-state index in [9.17, 15) is 9.59 Å². The molecule has 11 heavy (non-hydrogen) atoms. The molecular formula is C5H5N3O3. The summed E-state index contributed by atoms with van der Waals surface area (Å²) in [7, 11) is 0. The molecule has 0 aliphatic rings. The quantitative estimate of drug-likeness (QED) is 0.462. The summed E-state index contributed by atoms with van der Waals surface area (Å²) in [5.74, 6) is -1.33. The highest BCUT2D eigenvalue weighted by Gasteiger charge is 2.07. The van der Waals surface area contributed by atoms with Gasteiger partial charge in [0, 0.05) is 0 Å². The Labute approximate surface area is 60.7 Å². The summed E-state index contributed by atoms with van der Waals surface area (Å²) in [6, 6.07) is 0. The molecule has 0 atom stereocenters. The number of aromatic nitrogens is 2. The van der Waals surface area contributed by atoms with Gasteiger partial charge in [-0.05, 0) is 0 Å². The van der Waals surface area contributed by atoms with Crippen molar-refractivity contribution in [2.45, 2.75) is 0 Å². The van der Waals surface area contributed by atoms with Crippen LogP contribution in [0, 0.1) is 0 Å². The summed E-state index contributed by atoms with van der Waals surface area (Å²) in [5.41, 5.74) is 3.73.